The van der Waals surface area contributed by atoms with E-state index < -0.39 is 0 Å². The standard InChI is InChI=1S/C23H15BrCl2N2O3/c1-30-22-14(10-16(25)11-18(22)26)4-9-21(29)27-17-7-8-20-19(12-17)28-23(31-20)13-2-5-15(24)6-3-13/h2-12H,1H3,(H,27,29)/b9-4+. The summed E-state index contributed by atoms with van der Waals surface area (Å²) in [6.45, 7) is 0. The maximum Gasteiger partial charge on any atom is 0.248 e. The second-order valence-electron chi connectivity index (χ2n) is 6.54. The molecule has 0 bridgehead atoms. The molecule has 3 aromatic carbocycles. The molecule has 1 aromatic heterocycles. The number of methoxy groups -OCH3 is 1. The Morgan fingerprint density at radius 3 is 2.65 bits per heavy atom. The van der Waals surface area contributed by atoms with Gasteiger partial charge in [0.15, 0.2) is 5.58 Å². The molecule has 0 saturated heterocycles. The van der Waals surface area contributed by atoms with Gasteiger partial charge in [0.25, 0.3) is 0 Å². The van der Waals surface area contributed by atoms with E-state index in [1.165, 1.54) is 13.2 Å². The van der Waals surface area contributed by atoms with Crippen molar-refractivity contribution in [1.29, 1.82) is 0 Å². The normalized spacial score (nSPS) is 11.2. The first-order valence-corrected chi connectivity index (χ1v) is 10.7. The molecule has 0 spiro atoms. The van der Waals surface area contributed by atoms with E-state index in [1.807, 2.05) is 24.3 Å². The van der Waals surface area contributed by atoms with E-state index in [0.29, 0.717) is 44.0 Å². The molecule has 0 aliphatic heterocycles. The molecule has 4 aromatic rings. The number of hydrogen-bond donors (Lipinski definition) is 1. The van der Waals surface area contributed by atoms with Crippen LogP contribution in [0.1, 0.15) is 5.56 Å². The third kappa shape index (κ3) is 4.93. The monoisotopic (exact) mass is 516 g/mol. The summed E-state index contributed by atoms with van der Waals surface area (Å²) in [5.74, 6) is 0.629. The highest BCUT2D eigenvalue weighted by Crippen LogP contribution is 2.33. The second-order valence-corrected chi connectivity index (χ2v) is 8.30. The Kier molecular flexibility index (Phi) is 6.32. The van der Waals surface area contributed by atoms with Crippen molar-refractivity contribution in [2.45, 2.75) is 0 Å². The van der Waals surface area contributed by atoms with E-state index in [1.54, 1.807) is 36.4 Å². The van der Waals surface area contributed by atoms with Crippen LogP contribution in [0.15, 0.2) is 69.6 Å². The average molecular weight is 518 g/mol. The van der Waals surface area contributed by atoms with Gasteiger partial charge in [-0.25, -0.2) is 4.98 Å². The maximum absolute atomic E-state index is 12.4. The van der Waals surface area contributed by atoms with Gasteiger partial charge in [-0.05, 0) is 60.7 Å². The number of hydrogen-bond acceptors (Lipinski definition) is 4. The minimum absolute atomic E-state index is 0.325. The number of benzene rings is 3. The molecule has 0 aliphatic rings. The molecule has 1 heterocycles. The lowest BCUT2D eigenvalue weighted by molar-refractivity contribution is -0.111. The molecule has 0 saturated carbocycles. The van der Waals surface area contributed by atoms with Gasteiger partial charge >= 0.3 is 0 Å². The molecule has 156 valence electrons. The van der Waals surface area contributed by atoms with Crippen molar-refractivity contribution in [3.63, 3.8) is 0 Å². The van der Waals surface area contributed by atoms with Crippen LogP contribution in [0.2, 0.25) is 10.0 Å². The maximum atomic E-state index is 12.4. The third-order valence-electron chi connectivity index (χ3n) is 4.40. The Hall–Kier alpha value is -2.80. The van der Waals surface area contributed by atoms with Crippen molar-refractivity contribution < 1.29 is 13.9 Å². The number of anilines is 1. The molecule has 1 N–H and O–H groups in total. The Morgan fingerprint density at radius 2 is 1.90 bits per heavy atom. The first kappa shape index (κ1) is 21.4. The average Bonchev–Trinajstić information content (AvgIpc) is 3.16. The van der Waals surface area contributed by atoms with Crippen molar-refractivity contribution >= 4 is 67.9 Å². The number of carbonyl (C=O) groups excluding carboxylic acids is 1. The van der Waals surface area contributed by atoms with Crippen LogP contribution in [0.25, 0.3) is 28.6 Å². The van der Waals surface area contributed by atoms with Crippen LogP contribution in [0.4, 0.5) is 5.69 Å². The van der Waals surface area contributed by atoms with Gasteiger partial charge in [0.2, 0.25) is 11.8 Å². The Balaban J connectivity index is 1.53. The molecule has 0 radical (unpaired) electrons. The van der Waals surface area contributed by atoms with E-state index in [0.717, 1.165) is 10.0 Å². The van der Waals surface area contributed by atoms with Crippen LogP contribution < -0.4 is 10.1 Å². The highest BCUT2D eigenvalue weighted by molar-refractivity contribution is 9.10. The number of oxazole rings is 1. The Bertz CT molecular complexity index is 1300. The molecule has 0 atom stereocenters. The van der Waals surface area contributed by atoms with Gasteiger partial charge in [-0.3, -0.25) is 4.79 Å². The topological polar surface area (TPSA) is 64.4 Å². The van der Waals surface area contributed by atoms with Crippen molar-refractivity contribution in [1.82, 2.24) is 4.98 Å². The van der Waals surface area contributed by atoms with Gasteiger partial charge < -0.3 is 14.5 Å². The van der Waals surface area contributed by atoms with Crippen LogP contribution in [0, 0.1) is 0 Å². The van der Waals surface area contributed by atoms with E-state index in [4.69, 9.17) is 32.4 Å². The number of aromatic nitrogens is 1. The predicted molar refractivity (Wildman–Crippen MR) is 128 cm³/mol. The number of carbonyl (C=O) groups is 1. The molecule has 4 rings (SSSR count). The van der Waals surface area contributed by atoms with Crippen molar-refractivity contribution in [3.8, 4) is 17.2 Å². The summed E-state index contributed by atoms with van der Waals surface area (Å²) in [4.78, 5) is 16.9. The van der Waals surface area contributed by atoms with Crippen molar-refractivity contribution in [2.24, 2.45) is 0 Å². The fraction of sp³-hybridized carbons (Fsp3) is 0.0435. The zero-order valence-electron chi connectivity index (χ0n) is 16.2. The Labute approximate surface area is 196 Å². The zero-order chi connectivity index (χ0) is 22.0. The smallest absolute Gasteiger partial charge is 0.248 e. The number of fused-ring (bicyclic) bond motifs is 1. The summed E-state index contributed by atoms with van der Waals surface area (Å²) in [6, 6.07) is 16.2. The second kappa shape index (κ2) is 9.14. The number of ether oxygens (including phenoxy) is 1. The molecule has 0 aliphatic carbocycles. The zero-order valence-corrected chi connectivity index (χ0v) is 19.3. The molecular weight excluding hydrogens is 503 g/mol. The first-order chi connectivity index (χ1) is 14.9. The van der Waals surface area contributed by atoms with Crippen LogP contribution >= 0.6 is 39.1 Å². The predicted octanol–water partition coefficient (Wildman–Crippen LogP) is 7.22. The van der Waals surface area contributed by atoms with Crippen molar-refractivity contribution in [3.05, 3.63) is 80.8 Å². The highest BCUT2D eigenvalue weighted by atomic mass is 79.9. The molecule has 5 nitrogen and oxygen atoms in total. The fourth-order valence-corrected chi connectivity index (χ4v) is 3.84. The van der Waals surface area contributed by atoms with E-state index in [9.17, 15) is 4.79 Å². The Morgan fingerprint density at radius 1 is 1.13 bits per heavy atom. The van der Waals surface area contributed by atoms with Crippen LogP contribution in [-0.2, 0) is 4.79 Å². The summed E-state index contributed by atoms with van der Waals surface area (Å²) in [6.07, 6.45) is 2.97. The SMILES string of the molecule is COc1c(Cl)cc(Cl)cc1/C=C/C(=O)Nc1ccc2oc(-c3ccc(Br)cc3)nc2c1. The fourth-order valence-electron chi connectivity index (χ4n) is 2.99. The van der Waals surface area contributed by atoms with E-state index in [-0.39, 0.29) is 5.91 Å². The van der Waals surface area contributed by atoms with Crippen LogP contribution in [0.3, 0.4) is 0 Å². The van der Waals surface area contributed by atoms with E-state index >= 15 is 0 Å². The largest absolute Gasteiger partial charge is 0.495 e. The molecule has 8 heteroatoms. The summed E-state index contributed by atoms with van der Waals surface area (Å²) in [5.41, 5.74) is 3.32. The van der Waals surface area contributed by atoms with E-state index in [2.05, 4.69) is 26.2 Å². The van der Waals surface area contributed by atoms with Crippen molar-refractivity contribution in [2.75, 3.05) is 12.4 Å². The first-order valence-electron chi connectivity index (χ1n) is 9.11. The van der Waals surface area contributed by atoms with Crippen LogP contribution in [0.5, 0.6) is 5.75 Å². The number of amides is 1. The third-order valence-corrected chi connectivity index (χ3v) is 5.43. The minimum Gasteiger partial charge on any atom is -0.495 e. The van der Waals surface area contributed by atoms with Gasteiger partial charge in [0, 0.05) is 32.4 Å². The summed E-state index contributed by atoms with van der Waals surface area (Å²) in [7, 11) is 1.50. The molecule has 0 fully saturated rings. The van der Waals surface area contributed by atoms with Crippen LogP contribution in [-0.4, -0.2) is 18.0 Å². The molecular formula is C23H15BrCl2N2O3. The molecule has 0 unspecified atom stereocenters. The number of nitrogens with one attached hydrogen (secondary N) is 1. The summed E-state index contributed by atoms with van der Waals surface area (Å²) >= 11 is 15.6. The highest BCUT2D eigenvalue weighted by Gasteiger charge is 2.11. The minimum atomic E-state index is -0.325. The number of nitrogens with zero attached hydrogens (tertiary/aromatic N) is 1. The summed E-state index contributed by atoms with van der Waals surface area (Å²) < 4.78 is 12.1. The lowest BCUT2D eigenvalue weighted by Crippen LogP contribution is -2.07. The number of rotatable bonds is 5. The lowest BCUT2D eigenvalue weighted by atomic mass is 10.2. The molecule has 1 amide bonds. The van der Waals surface area contributed by atoms with Gasteiger partial charge in [-0.1, -0.05) is 39.1 Å². The molecule has 31 heavy (non-hydrogen) atoms. The van der Waals surface area contributed by atoms with Gasteiger partial charge in [0.05, 0.1) is 12.1 Å². The lowest BCUT2D eigenvalue weighted by Gasteiger charge is -2.08. The summed E-state index contributed by atoms with van der Waals surface area (Å²) in [5, 5.41) is 3.62. The van der Waals surface area contributed by atoms with Gasteiger partial charge in [-0.2, -0.15) is 0 Å². The van der Waals surface area contributed by atoms with Gasteiger partial charge in [0.1, 0.15) is 11.3 Å². The quantitative estimate of drug-likeness (QED) is 0.284. The van der Waals surface area contributed by atoms with Gasteiger partial charge in [-0.15, -0.1) is 0 Å². The number of halogens is 3.